The van der Waals surface area contributed by atoms with Crippen molar-refractivity contribution >= 4 is 17.7 Å². The topological polar surface area (TPSA) is 26.3 Å². The van der Waals surface area contributed by atoms with Crippen LogP contribution in [-0.2, 0) is 9.53 Å². The molecule has 0 N–H and O–H groups in total. The Hall–Kier alpha value is -1.03. The quantitative estimate of drug-likeness (QED) is 0.740. The van der Waals surface area contributed by atoms with E-state index in [1.807, 2.05) is 6.26 Å². The molecule has 1 atom stereocenters. The number of carbonyl (C=O) groups excluding carboxylic acids is 1. The van der Waals surface area contributed by atoms with Crippen molar-refractivity contribution in [3.8, 4) is 0 Å². The number of hydrogen-bond donors (Lipinski definition) is 0. The van der Waals surface area contributed by atoms with Crippen LogP contribution in [0.1, 0.15) is 11.5 Å². The molecule has 0 saturated carbocycles. The fourth-order valence-electron chi connectivity index (χ4n) is 1.33. The summed E-state index contributed by atoms with van der Waals surface area (Å²) in [5, 5.41) is 0. The molecule has 0 aromatic heterocycles. The predicted molar refractivity (Wildman–Crippen MR) is 59.5 cm³/mol. The number of ether oxygens (including phenoxy) is 1. The second kappa shape index (κ2) is 5.75. The Labute approximate surface area is 92.8 Å². The summed E-state index contributed by atoms with van der Waals surface area (Å²) in [5.74, 6) is -0.450. The van der Waals surface area contributed by atoms with Gasteiger partial charge >= 0.3 is 5.97 Å². The molecular formula is C11H13FO2S. The van der Waals surface area contributed by atoms with Crippen molar-refractivity contribution in [1.82, 2.24) is 0 Å². The fourth-order valence-corrected chi connectivity index (χ4v) is 1.99. The molecule has 0 aliphatic heterocycles. The molecule has 0 aliphatic carbocycles. The minimum absolute atomic E-state index is 0.324. The number of carbonyl (C=O) groups is 1. The van der Waals surface area contributed by atoms with Gasteiger partial charge < -0.3 is 4.74 Å². The SMILES string of the molecule is COC(=O)C(CSC)c1cccc(F)c1. The first-order valence-corrected chi connectivity index (χ1v) is 5.90. The van der Waals surface area contributed by atoms with Crippen molar-refractivity contribution < 1.29 is 13.9 Å². The highest BCUT2D eigenvalue weighted by molar-refractivity contribution is 7.98. The average molecular weight is 228 g/mol. The molecular weight excluding hydrogens is 215 g/mol. The van der Waals surface area contributed by atoms with Crippen LogP contribution in [0.15, 0.2) is 24.3 Å². The van der Waals surface area contributed by atoms with Crippen LogP contribution in [0.5, 0.6) is 0 Å². The lowest BCUT2D eigenvalue weighted by Gasteiger charge is -2.13. The highest BCUT2D eigenvalue weighted by Gasteiger charge is 2.20. The van der Waals surface area contributed by atoms with Gasteiger partial charge in [0.15, 0.2) is 0 Å². The lowest BCUT2D eigenvalue weighted by molar-refractivity contribution is -0.141. The predicted octanol–water partition coefficient (Wildman–Crippen LogP) is 2.45. The molecule has 1 aromatic carbocycles. The van der Waals surface area contributed by atoms with Crippen LogP contribution >= 0.6 is 11.8 Å². The van der Waals surface area contributed by atoms with Gasteiger partial charge in [-0.25, -0.2) is 4.39 Å². The molecule has 0 radical (unpaired) electrons. The van der Waals surface area contributed by atoms with Crippen LogP contribution in [0.4, 0.5) is 4.39 Å². The fraction of sp³-hybridized carbons (Fsp3) is 0.364. The molecule has 0 spiro atoms. The number of hydrogen-bond acceptors (Lipinski definition) is 3. The van der Waals surface area contributed by atoms with Gasteiger partial charge in [-0.2, -0.15) is 11.8 Å². The van der Waals surface area contributed by atoms with Gasteiger partial charge in [0.25, 0.3) is 0 Å². The van der Waals surface area contributed by atoms with Crippen molar-refractivity contribution in [1.29, 1.82) is 0 Å². The summed E-state index contributed by atoms with van der Waals surface area (Å²) in [4.78, 5) is 11.5. The lowest BCUT2D eigenvalue weighted by atomic mass is 10.0. The number of benzene rings is 1. The van der Waals surface area contributed by atoms with E-state index in [0.717, 1.165) is 0 Å². The Morgan fingerprint density at radius 3 is 2.87 bits per heavy atom. The van der Waals surface area contributed by atoms with E-state index >= 15 is 0 Å². The van der Waals surface area contributed by atoms with Crippen molar-refractivity contribution in [2.75, 3.05) is 19.1 Å². The maximum atomic E-state index is 13.0. The van der Waals surface area contributed by atoms with Crippen LogP contribution in [0.25, 0.3) is 0 Å². The molecule has 4 heteroatoms. The first-order chi connectivity index (χ1) is 7.19. The largest absolute Gasteiger partial charge is 0.469 e. The Morgan fingerprint density at radius 2 is 2.33 bits per heavy atom. The summed E-state index contributed by atoms with van der Waals surface area (Å²) in [7, 11) is 1.34. The van der Waals surface area contributed by atoms with E-state index in [2.05, 4.69) is 4.74 Å². The van der Waals surface area contributed by atoms with E-state index in [9.17, 15) is 9.18 Å². The van der Waals surface area contributed by atoms with E-state index < -0.39 is 0 Å². The van der Waals surface area contributed by atoms with E-state index in [0.29, 0.717) is 11.3 Å². The van der Waals surface area contributed by atoms with Crippen LogP contribution in [0.3, 0.4) is 0 Å². The normalized spacial score (nSPS) is 12.2. The zero-order valence-electron chi connectivity index (χ0n) is 8.70. The Bertz CT molecular complexity index is 341. The third-order valence-electron chi connectivity index (χ3n) is 2.07. The van der Waals surface area contributed by atoms with Crippen molar-refractivity contribution in [2.24, 2.45) is 0 Å². The molecule has 82 valence electrons. The summed E-state index contributed by atoms with van der Waals surface area (Å²) >= 11 is 1.53. The first kappa shape index (κ1) is 12.0. The van der Waals surface area contributed by atoms with Crippen LogP contribution in [-0.4, -0.2) is 25.1 Å². The number of methoxy groups -OCH3 is 1. The lowest BCUT2D eigenvalue weighted by Crippen LogP contribution is -2.16. The van der Waals surface area contributed by atoms with E-state index in [1.165, 1.54) is 31.0 Å². The maximum Gasteiger partial charge on any atom is 0.313 e. The number of esters is 1. The van der Waals surface area contributed by atoms with Gasteiger partial charge in [0.2, 0.25) is 0 Å². The second-order valence-corrected chi connectivity index (χ2v) is 4.00. The van der Waals surface area contributed by atoms with Crippen LogP contribution < -0.4 is 0 Å². The Morgan fingerprint density at radius 1 is 1.60 bits per heavy atom. The Balaban J connectivity index is 2.93. The van der Waals surface area contributed by atoms with Gasteiger partial charge in [-0.15, -0.1) is 0 Å². The Kier molecular flexibility index (Phi) is 4.62. The molecule has 2 nitrogen and oxygen atoms in total. The third kappa shape index (κ3) is 3.23. The zero-order valence-corrected chi connectivity index (χ0v) is 9.51. The zero-order chi connectivity index (χ0) is 11.3. The van der Waals surface area contributed by atoms with E-state index in [4.69, 9.17) is 0 Å². The number of rotatable bonds is 4. The van der Waals surface area contributed by atoms with Crippen LogP contribution in [0, 0.1) is 5.82 Å². The molecule has 0 heterocycles. The maximum absolute atomic E-state index is 13.0. The smallest absolute Gasteiger partial charge is 0.313 e. The number of thioether (sulfide) groups is 1. The second-order valence-electron chi connectivity index (χ2n) is 3.09. The van der Waals surface area contributed by atoms with Gasteiger partial charge in [-0.1, -0.05) is 12.1 Å². The molecule has 0 saturated heterocycles. The highest BCUT2D eigenvalue weighted by Crippen LogP contribution is 2.21. The molecule has 0 amide bonds. The molecule has 0 fully saturated rings. The monoisotopic (exact) mass is 228 g/mol. The van der Waals surface area contributed by atoms with Crippen molar-refractivity contribution in [3.63, 3.8) is 0 Å². The minimum atomic E-state index is -0.388. The van der Waals surface area contributed by atoms with Crippen LogP contribution in [0.2, 0.25) is 0 Å². The molecule has 1 rings (SSSR count). The van der Waals surface area contributed by atoms with Gasteiger partial charge in [-0.3, -0.25) is 4.79 Å². The molecule has 15 heavy (non-hydrogen) atoms. The van der Waals surface area contributed by atoms with Gasteiger partial charge in [0, 0.05) is 5.75 Å². The van der Waals surface area contributed by atoms with Crippen molar-refractivity contribution in [2.45, 2.75) is 5.92 Å². The van der Waals surface area contributed by atoms with E-state index in [1.54, 1.807) is 12.1 Å². The summed E-state index contributed by atoms with van der Waals surface area (Å²) in [6.07, 6.45) is 1.90. The van der Waals surface area contributed by atoms with Gasteiger partial charge in [0.1, 0.15) is 5.82 Å². The molecule has 1 aromatic rings. The average Bonchev–Trinajstić information content (AvgIpc) is 2.25. The molecule has 0 aliphatic rings. The summed E-state index contributed by atoms with van der Waals surface area (Å²) in [6, 6.07) is 6.07. The van der Waals surface area contributed by atoms with E-state index in [-0.39, 0.29) is 17.7 Å². The summed E-state index contributed by atoms with van der Waals surface area (Å²) in [6.45, 7) is 0. The summed E-state index contributed by atoms with van der Waals surface area (Å²) in [5.41, 5.74) is 0.663. The molecule has 1 unspecified atom stereocenters. The van der Waals surface area contributed by atoms with Gasteiger partial charge in [0.05, 0.1) is 13.0 Å². The molecule has 0 bridgehead atoms. The number of halogens is 1. The highest BCUT2D eigenvalue weighted by atomic mass is 32.2. The minimum Gasteiger partial charge on any atom is -0.469 e. The summed E-state index contributed by atoms with van der Waals surface area (Å²) < 4.78 is 17.7. The van der Waals surface area contributed by atoms with Crippen molar-refractivity contribution in [3.05, 3.63) is 35.6 Å². The standard InChI is InChI=1S/C11H13FO2S/c1-14-11(13)10(7-15-2)8-4-3-5-9(12)6-8/h3-6,10H,7H2,1-2H3. The van der Waals surface area contributed by atoms with Gasteiger partial charge in [-0.05, 0) is 24.0 Å². The first-order valence-electron chi connectivity index (χ1n) is 4.51. The third-order valence-corrected chi connectivity index (χ3v) is 2.74.